The maximum atomic E-state index is 12.2. The molecule has 1 aromatic heterocycles. The first kappa shape index (κ1) is 14.4. The molecular formula is C11H17N5O4. The Bertz CT molecular complexity index is 503. The van der Waals surface area contributed by atoms with Crippen LogP contribution in [0.2, 0.25) is 0 Å². The van der Waals surface area contributed by atoms with Crippen LogP contribution in [0.25, 0.3) is 0 Å². The summed E-state index contributed by atoms with van der Waals surface area (Å²) in [6.07, 6.45) is 1.50. The average Bonchev–Trinajstić information content (AvgIpc) is 3.06. The second-order valence-corrected chi connectivity index (χ2v) is 4.62. The van der Waals surface area contributed by atoms with Crippen molar-refractivity contribution in [1.29, 1.82) is 0 Å². The number of nitrogens with two attached hydrogens (primary N) is 1. The molecule has 3 N–H and O–H groups in total. The maximum Gasteiger partial charge on any atom is 0.311 e. The predicted octanol–water partition coefficient (Wildman–Crippen LogP) is -1.59. The van der Waals surface area contributed by atoms with Gasteiger partial charge in [0.1, 0.15) is 5.92 Å². The zero-order valence-corrected chi connectivity index (χ0v) is 11.1. The molecule has 2 atom stereocenters. The lowest BCUT2D eigenvalue weighted by Gasteiger charge is -2.25. The Morgan fingerprint density at radius 2 is 2.35 bits per heavy atom. The molecule has 1 aliphatic heterocycles. The van der Waals surface area contributed by atoms with Crippen LogP contribution in [0.4, 0.5) is 0 Å². The highest BCUT2D eigenvalue weighted by atomic mass is 16.5. The lowest BCUT2D eigenvalue weighted by molar-refractivity contribution is -0.142. The molecule has 1 aromatic rings. The van der Waals surface area contributed by atoms with Crippen LogP contribution < -0.4 is 5.73 Å². The largest absolute Gasteiger partial charge is 0.481 e. The van der Waals surface area contributed by atoms with E-state index in [-0.39, 0.29) is 24.8 Å². The molecule has 0 aromatic carbocycles. The van der Waals surface area contributed by atoms with Gasteiger partial charge in [0.2, 0.25) is 0 Å². The first-order valence-corrected chi connectivity index (χ1v) is 6.22. The standard InChI is InChI=1S/C11H17N5O4/c1-15(9-6-20-5-7(9)11(18)19)10(17)8-4-16(3-2-12)14-13-8/h4,7,9H,2-3,5-6,12H2,1H3,(H,18,19). The van der Waals surface area contributed by atoms with E-state index in [4.69, 9.17) is 15.6 Å². The van der Waals surface area contributed by atoms with Crippen LogP contribution in [0.15, 0.2) is 6.20 Å². The monoisotopic (exact) mass is 283 g/mol. The molecule has 1 saturated heterocycles. The summed E-state index contributed by atoms with van der Waals surface area (Å²) in [5.41, 5.74) is 5.55. The highest BCUT2D eigenvalue weighted by Gasteiger charge is 2.39. The van der Waals surface area contributed by atoms with Crippen molar-refractivity contribution in [1.82, 2.24) is 19.9 Å². The minimum atomic E-state index is -0.973. The van der Waals surface area contributed by atoms with Crippen LogP contribution in [-0.4, -0.2) is 69.7 Å². The van der Waals surface area contributed by atoms with Gasteiger partial charge in [-0.3, -0.25) is 14.3 Å². The van der Waals surface area contributed by atoms with Crippen molar-refractivity contribution in [2.75, 3.05) is 26.8 Å². The number of ether oxygens (including phenoxy) is 1. The van der Waals surface area contributed by atoms with Crippen molar-refractivity contribution < 1.29 is 19.4 Å². The molecule has 0 bridgehead atoms. The Morgan fingerprint density at radius 1 is 1.60 bits per heavy atom. The number of carboxylic acid groups (broad SMARTS) is 1. The van der Waals surface area contributed by atoms with Gasteiger partial charge in [0, 0.05) is 13.6 Å². The summed E-state index contributed by atoms with van der Waals surface area (Å²) < 4.78 is 6.62. The van der Waals surface area contributed by atoms with Gasteiger partial charge in [0.25, 0.3) is 5.91 Å². The molecule has 0 saturated carbocycles. The molecule has 2 unspecified atom stereocenters. The lowest BCUT2D eigenvalue weighted by atomic mass is 10.0. The van der Waals surface area contributed by atoms with Gasteiger partial charge in [-0.05, 0) is 0 Å². The number of nitrogens with zero attached hydrogens (tertiary/aromatic N) is 4. The quantitative estimate of drug-likeness (QED) is 0.667. The van der Waals surface area contributed by atoms with Gasteiger partial charge in [-0.1, -0.05) is 5.21 Å². The summed E-state index contributed by atoms with van der Waals surface area (Å²) >= 11 is 0. The van der Waals surface area contributed by atoms with Crippen LogP contribution in [0, 0.1) is 5.92 Å². The molecule has 0 spiro atoms. The predicted molar refractivity (Wildman–Crippen MR) is 66.9 cm³/mol. The summed E-state index contributed by atoms with van der Waals surface area (Å²) in [5, 5.41) is 16.7. The molecule has 20 heavy (non-hydrogen) atoms. The van der Waals surface area contributed by atoms with E-state index in [9.17, 15) is 9.59 Å². The number of hydrogen-bond donors (Lipinski definition) is 2. The summed E-state index contributed by atoms with van der Waals surface area (Å²) in [4.78, 5) is 24.7. The highest BCUT2D eigenvalue weighted by molar-refractivity contribution is 5.92. The van der Waals surface area contributed by atoms with E-state index >= 15 is 0 Å². The zero-order chi connectivity index (χ0) is 14.7. The molecule has 2 heterocycles. The fourth-order valence-corrected chi connectivity index (χ4v) is 2.13. The van der Waals surface area contributed by atoms with E-state index in [1.54, 1.807) is 7.05 Å². The van der Waals surface area contributed by atoms with Crippen LogP contribution in [-0.2, 0) is 16.1 Å². The minimum Gasteiger partial charge on any atom is -0.481 e. The SMILES string of the molecule is CN(C(=O)c1cn(CCN)nn1)C1COCC1C(=O)O. The Morgan fingerprint density at radius 3 is 3.00 bits per heavy atom. The Kier molecular flexibility index (Phi) is 4.30. The Labute approximate surface area is 115 Å². The van der Waals surface area contributed by atoms with Crippen LogP contribution >= 0.6 is 0 Å². The summed E-state index contributed by atoms with van der Waals surface area (Å²) in [6, 6.07) is -0.500. The second-order valence-electron chi connectivity index (χ2n) is 4.62. The Balaban J connectivity index is 2.09. The van der Waals surface area contributed by atoms with Gasteiger partial charge in [0.05, 0.1) is 32.0 Å². The van der Waals surface area contributed by atoms with Gasteiger partial charge in [-0.2, -0.15) is 0 Å². The van der Waals surface area contributed by atoms with E-state index in [1.165, 1.54) is 15.8 Å². The molecule has 0 radical (unpaired) electrons. The Hall–Kier alpha value is -2.00. The molecule has 1 aliphatic rings. The molecule has 9 heteroatoms. The van der Waals surface area contributed by atoms with Crippen molar-refractivity contribution in [3.63, 3.8) is 0 Å². The molecule has 0 aliphatic carbocycles. The number of carbonyl (C=O) groups excluding carboxylic acids is 1. The molecular weight excluding hydrogens is 266 g/mol. The number of aliphatic carboxylic acids is 1. The number of aromatic nitrogens is 3. The summed E-state index contributed by atoms with van der Waals surface area (Å²) in [5.74, 6) is -2.07. The van der Waals surface area contributed by atoms with Crippen molar-refractivity contribution in [3.05, 3.63) is 11.9 Å². The van der Waals surface area contributed by atoms with Crippen LogP contribution in [0.1, 0.15) is 10.5 Å². The average molecular weight is 283 g/mol. The first-order chi connectivity index (χ1) is 9.54. The van der Waals surface area contributed by atoms with E-state index in [2.05, 4.69) is 10.3 Å². The number of hydrogen-bond acceptors (Lipinski definition) is 6. The number of carbonyl (C=O) groups is 2. The van der Waals surface area contributed by atoms with E-state index in [0.717, 1.165) is 0 Å². The summed E-state index contributed by atoms with van der Waals surface area (Å²) in [6.45, 7) is 1.17. The fourth-order valence-electron chi connectivity index (χ4n) is 2.13. The fraction of sp³-hybridized carbons (Fsp3) is 0.636. The van der Waals surface area contributed by atoms with Crippen molar-refractivity contribution in [2.45, 2.75) is 12.6 Å². The highest BCUT2D eigenvalue weighted by Crippen LogP contribution is 2.20. The van der Waals surface area contributed by atoms with Crippen molar-refractivity contribution in [3.8, 4) is 0 Å². The van der Waals surface area contributed by atoms with Gasteiger partial charge >= 0.3 is 5.97 Å². The smallest absolute Gasteiger partial charge is 0.311 e. The molecule has 1 amide bonds. The van der Waals surface area contributed by atoms with E-state index in [0.29, 0.717) is 13.1 Å². The third-order valence-corrected chi connectivity index (χ3v) is 3.30. The lowest BCUT2D eigenvalue weighted by Crippen LogP contribution is -2.44. The van der Waals surface area contributed by atoms with Crippen LogP contribution in [0.3, 0.4) is 0 Å². The molecule has 9 nitrogen and oxygen atoms in total. The minimum absolute atomic E-state index is 0.109. The third kappa shape index (κ3) is 2.78. The van der Waals surface area contributed by atoms with Gasteiger partial charge in [-0.25, -0.2) is 0 Å². The third-order valence-electron chi connectivity index (χ3n) is 3.30. The van der Waals surface area contributed by atoms with Crippen molar-refractivity contribution in [2.24, 2.45) is 11.7 Å². The van der Waals surface area contributed by atoms with Gasteiger partial charge in [0.15, 0.2) is 5.69 Å². The number of likely N-dealkylation sites (N-methyl/N-ethyl adjacent to an activating group) is 1. The van der Waals surface area contributed by atoms with Gasteiger partial charge in [-0.15, -0.1) is 5.10 Å². The maximum absolute atomic E-state index is 12.2. The molecule has 1 fully saturated rings. The van der Waals surface area contributed by atoms with Gasteiger partial charge < -0.3 is 20.5 Å². The number of rotatable bonds is 5. The van der Waals surface area contributed by atoms with Crippen molar-refractivity contribution >= 4 is 11.9 Å². The van der Waals surface area contributed by atoms with E-state index in [1.807, 2.05) is 0 Å². The summed E-state index contributed by atoms with van der Waals surface area (Å²) in [7, 11) is 1.54. The molecule has 110 valence electrons. The van der Waals surface area contributed by atoms with E-state index < -0.39 is 17.9 Å². The topological polar surface area (TPSA) is 124 Å². The number of carboxylic acids is 1. The zero-order valence-electron chi connectivity index (χ0n) is 11.1. The normalized spacial score (nSPS) is 21.9. The second kappa shape index (κ2) is 5.97. The van der Waals surface area contributed by atoms with Crippen LogP contribution in [0.5, 0.6) is 0 Å². The number of amides is 1. The first-order valence-electron chi connectivity index (χ1n) is 6.22. The molecule has 2 rings (SSSR count).